The van der Waals surface area contributed by atoms with Crippen molar-refractivity contribution in [2.75, 3.05) is 13.1 Å². The molecule has 0 fully saturated rings. The number of ketones is 1. The van der Waals surface area contributed by atoms with E-state index < -0.39 is 5.54 Å². The number of aryl methyl sites for hydroxylation is 1. The number of Topliss-reactive ketones (excluding diaryl/α,β-unsaturated/α-hetero) is 1. The summed E-state index contributed by atoms with van der Waals surface area (Å²) in [6, 6.07) is 0. The first-order valence-corrected chi connectivity index (χ1v) is 7.22. The van der Waals surface area contributed by atoms with Crippen LogP contribution in [0.2, 0.25) is 0 Å². The minimum absolute atomic E-state index is 0.0738. The Morgan fingerprint density at radius 2 is 1.95 bits per heavy atom. The third-order valence-electron chi connectivity index (χ3n) is 3.89. The van der Waals surface area contributed by atoms with Gasteiger partial charge in [-0.1, -0.05) is 27.7 Å². The molecule has 1 unspecified atom stereocenters. The molecule has 0 saturated heterocycles. The zero-order valence-electron chi connectivity index (χ0n) is 12.8. The van der Waals surface area contributed by atoms with Crippen LogP contribution in [0.15, 0.2) is 6.33 Å². The normalized spacial score (nSPS) is 14.6. The van der Waals surface area contributed by atoms with Crippen molar-refractivity contribution in [3.8, 4) is 0 Å². The topological polar surface area (TPSA) is 51.0 Å². The maximum Gasteiger partial charge on any atom is 0.219 e. The summed E-state index contributed by atoms with van der Waals surface area (Å²) in [6.45, 7) is 12.7. The number of carbonyl (C=O) groups is 1. The Kier molecular flexibility index (Phi) is 5.66. The molecule has 0 aliphatic carbocycles. The van der Waals surface area contributed by atoms with E-state index in [0.717, 1.165) is 32.5 Å². The number of hydrogen-bond donors (Lipinski definition) is 0. The zero-order valence-corrected chi connectivity index (χ0v) is 12.8. The summed E-state index contributed by atoms with van der Waals surface area (Å²) in [5.41, 5.74) is -0.498. The molecule has 0 spiro atoms. The van der Waals surface area contributed by atoms with Gasteiger partial charge in [-0.2, -0.15) is 5.10 Å². The average molecular weight is 266 g/mol. The summed E-state index contributed by atoms with van der Waals surface area (Å²) in [5.74, 6) is 0.558. The van der Waals surface area contributed by atoms with Crippen LogP contribution >= 0.6 is 0 Å². The zero-order chi connectivity index (χ0) is 14.5. The van der Waals surface area contributed by atoms with E-state index in [4.69, 9.17) is 0 Å². The molecule has 0 saturated carbocycles. The van der Waals surface area contributed by atoms with E-state index in [2.05, 4.69) is 42.7 Å². The van der Waals surface area contributed by atoms with Gasteiger partial charge in [-0.15, -0.1) is 0 Å². The Balaban J connectivity index is 3.10. The standard InChI is InChI=1S/C14H26N4O/c1-6-10-18-13(15-11-16-18)12(19)14(5,7-2)17(8-3)9-4/h11H,6-10H2,1-5H3. The highest BCUT2D eigenvalue weighted by molar-refractivity contribution is 6.00. The van der Waals surface area contributed by atoms with E-state index in [1.807, 2.05) is 6.92 Å². The van der Waals surface area contributed by atoms with E-state index >= 15 is 0 Å². The van der Waals surface area contributed by atoms with E-state index in [-0.39, 0.29) is 5.78 Å². The molecule has 5 nitrogen and oxygen atoms in total. The van der Waals surface area contributed by atoms with Crippen LogP contribution in [-0.4, -0.2) is 44.1 Å². The van der Waals surface area contributed by atoms with Crippen LogP contribution in [0, 0.1) is 0 Å². The molecule has 1 aromatic heterocycles. The maximum absolute atomic E-state index is 12.8. The first kappa shape index (κ1) is 15.8. The number of carbonyl (C=O) groups excluding carboxylic acids is 1. The minimum Gasteiger partial charge on any atom is -0.291 e. The lowest BCUT2D eigenvalue weighted by Gasteiger charge is -2.37. The summed E-state index contributed by atoms with van der Waals surface area (Å²) >= 11 is 0. The number of aromatic nitrogens is 3. The molecule has 108 valence electrons. The smallest absolute Gasteiger partial charge is 0.219 e. The number of rotatable bonds is 8. The number of nitrogens with zero attached hydrogens (tertiary/aromatic N) is 4. The first-order chi connectivity index (χ1) is 9.04. The van der Waals surface area contributed by atoms with E-state index in [1.165, 1.54) is 6.33 Å². The van der Waals surface area contributed by atoms with Crippen LogP contribution in [0.5, 0.6) is 0 Å². The van der Waals surface area contributed by atoms with E-state index in [1.54, 1.807) is 4.68 Å². The van der Waals surface area contributed by atoms with Crippen molar-refractivity contribution in [1.29, 1.82) is 0 Å². The van der Waals surface area contributed by atoms with Crippen molar-refractivity contribution in [3.05, 3.63) is 12.2 Å². The van der Waals surface area contributed by atoms with Crippen molar-refractivity contribution in [2.24, 2.45) is 0 Å². The molecule has 1 aromatic rings. The third kappa shape index (κ3) is 3.03. The van der Waals surface area contributed by atoms with Crippen molar-refractivity contribution in [2.45, 2.75) is 59.5 Å². The monoisotopic (exact) mass is 266 g/mol. The van der Waals surface area contributed by atoms with Gasteiger partial charge in [-0.3, -0.25) is 9.69 Å². The highest BCUT2D eigenvalue weighted by atomic mass is 16.1. The fourth-order valence-electron chi connectivity index (χ4n) is 2.51. The van der Waals surface area contributed by atoms with Crippen LogP contribution < -0.4 is 0 Å². The lowest BCUT2D eigenvalue weighted by atomic mass is 9.90. The third-order valence-corrected chi connectivity index (χ3v) is 3.89. The van der Waals surface area contributed by atoms with Crippen LogP contribution in [0.4, 0.5) is 0 Å². The van der Waals surface area contributed by atoms with Gasteiger partial charge in [-0.05, 0) is 32.9 Å². The molecule has 1 heterocycles. The van der Waals surface area contributed by atoms with Crippen LogP contribution in [-0.2, 0) is 6.54 Å². The molecule has 0 bridgehead atoms. The Morgan fingerprint density at radius 1 is 1.32 bits per heavy atom. The molecule has 0 radical (unpaired) electrons. The second-order valence-corrected chi connectivity index (χ2v) is 4.94. The van der Waals surface area contributed by atoms with Gasteiger partial charge < -0.3 is 0 Å². The van der Waals surface area contributed by atoms with Gasteiger partial charge in [0.2, 0.25) is 5.78 Å². The minimum atomic E-state index is -0.498. The molecule has 1 rings (SSSR count). The van der Waals surface area contributed by atoms with Crippen molar-refractivity contribution in [1.82, 2.24) is 19.7 Å². The lowest BCUT2D eigenvalue weighted by Crippen LogP contribution is -2.52. The van der Waals surface area contributed by atoms with Crippen molar-refractivity contribution >= 4 is 5.78 Å². The Bertz CT molecular complexity index is 411. The first-order valence-electron chi connectivity index (χ1n) is 7.22. The van der Waals surface area contributed by atoms with Gasteiger partial charge in [0, 0.05) is 6.54 Å². The quantitative estimate of drug-likeness (QED) is 0.678. The Hall–Kier alpha value is -1.23. The molecule has 19 heavy (non-hydrogen) atoms. The van der Waals surface area contributed by atoms with Gasteiger partial charge >= 0.3 is 0 Å². The van der Waals surface area contributed by atoms with E-state index in [9.17, 15) is 4.79 Å². The second-order valence-electron chi connectivity index (χ2n) is 4.94. The van der Waals surface area contributed by atoms with Crippen LogP contribution in [0.1, 0.15) is 58.1 Å². The van der Waals surface area contributed by atoms with Gasteiger partial charge in [0.25, 0.3) is 0 Å². The van der Waals surface area contributed by atoms with Crippen molar-refractivity contribution < 1.29 is 4.79 Å². The average Bonchev–Trinajstić information content (AvgIpc) is 2.87. The predicted octanol–water partition coefficient (Wildman–Crippen LogP) is 2.38. The Labute approximate surface area is 116 Å². The molecule has 5 heteroatoms. The molecule has 0 aliphatic rings. The lowest BCUT2D eigenvalue weighted by molar-refractivity contribution is 0.0590. The van der Waals surface area contributed by atoms with Crippen molar-refractivity contribution in [3.63, 3.8) is 0 Å². The van der Waals surface area contributed by atoms with Gasteiger partial charge in [0.1, 0.15) is 6.33 Å². The predicted molar refractivity (Wildman–Crippen MR) is 76.3 cm³/mol. The van der Waals surface area contributed by atoms with Gasteiger partial charge in [0.15, 0.2) is 5.82 Å². The fraction of sp³-hybridized carbons (Fsp3) is 0.786. The summed E-state index contributed by atoms with van der Waals surface area (Å²) in [6.07, 6.45) is 3.19. The SMILES string of the molecule is CCCn1ncnc1C(=O)C(C)(CC)N(CC)CC. The van der Waals surface area contributed by atoms with Gasteiger partial charge in [0.05, 0.1) is 5.54 Å². The Morgan fingerprint density at radius 3 is 2.42 bits per heavy atom. The summed E-state index contributed by atoms with van der Waals surface area (Å²) in [7, 11) is 0. The van der Waals surface area contributed by atoms with Gasteiger partial charge in [-0.25, -0.2) is 9.67 Å². The highest BCUT2D eigenvalue weighted by Gasteiger charge is 2.39. The fourth-order valence-corrected chi connectivity index (χ4v) is 2.51. The molecule has 0 aromatic carbocycles. The number of hydrogen-bond acceptors (Lipinski definition) is 4. The molecular formula is C14H26N4O. The molecule has 1 atom stereocenters. The van der Waals surface area contributed by atoms with E-state index in [0.29, 0.717) is 5.82 Å². The maximum atomic E-state index is 12.8. The molecule has 0 N–H and O–H groups in total. The largest absolute Gasteiger partial charge is 0.291 e. The molecule has 0 aliphatic heterocycles. The summed E-state index contributed by atoms with van der Waals surface area (Å²) in [5, 5.41) is 4.15. The van der Waals surface area contributed by atoms with Crippen LogP contribution in [0.3, 0.4) is 0 Å². The summed E-state index contributed by atoms with van der Waals surface area (Å²) < 4.78 is 1.72. The van der Waals surface area contributed by atoms with Crippen LogP contribution in [0.25, 0.3) is 0 Å². The highest BCUT2D eigenvalue weighted by Crippen LogP contribution is 2.23. The summed E-state index contributed by atoms with van der Waals surface area (Å²) in [4.78, 5) is 19.2. The molecular weight excluding hydrogens is 240 g/mol. The second kappa shape index (κ2) is 6.80. The number of likely N-dealkylation sites (N-methyl/N-ethyl adjacent to an activating group) is 1. The molecule has 0 amide bonds.